The number of nitrogens with one attached hydrogen (secondary N) is 1. The minimum Gasteiger partial charge on any atom is -0.331 e. The van der Waals surface area contributed by atoms with Gasteiger partial charge >= 0.3 is 11.9 Å². The Labute approximate surface area is 362 Å². The number of benzene rings is 2. The lowest BCUT2D eigenvalue weighted by molar-refractivity contribution is -0.192. The molecule has 13 nitrogen and oxygen atoms in total. The number of imidazole rings is 1. The van der Waals surface area contributed by atoms with Gasteiger partial charge in [-0.3, -0.25) is 13.9 Å². The Morgan fingerprint density at radius 2 is 1.78 bits per heavy atom. The standard InChI is InChI=1S/C46H40F5N11O2/c1-27-39-41(57-43(55-27)56-31-5-2-4-30(47)21-31)62(32-11-17-58(18-12-32)26-45(14-15-45)46(49,50)51)44(64)61(39)33-9-10-37(54-23-33)42(63)59-19-13-34-35-6-3-16-53-40(35)60(38(34)25-59)24-29-8-7-28(22-52)20-36(29)48/h2-10,16,20-21,23,32H,11-15,17-19,24-26H2,1H3,(H,55,56,57). The zero-order valence-corrected chi connectivity index (χ0v) is 34.5. The number of amides is 1. The molecule has 0 radical (unpaired) electrons. The summed E-state index contributed by atoms with van der Waals surface area (Å²) in [4.78, 5) is 50.9. The van der Waals surface area contributed by atoms with Crippen LogP contribution in [0.1, 0.15) is 70.3 Å². The highest BCUT2D eigenvalue weighted by atomic mass is 19.4. The maximum Gasteiger partial charge on any atom is 0.395 e. The molecule has 1 amide bonds. The number of likely N-dealkylation sites (tertiary alicyclic amines) is 1. The van der Waals surface area contributed by atoms with Crippen molar-refractivity contribution < 1.29 is 26.7 Å². The number of pyridine rings is 2. The van der Waals surface area contributed by atoms with Gasteiger partial charge in [0.25, 0.3) is 5.91 Å². The lowest BCUT2D eigenvalue weighted by Gasteiger charge is -2.35. The summed E-state index contributed by atoms with van der Waals surface area (Å²) in [5.74, 6) is -1.20. The van der Waals surface area contributed by atoms with Crippen molar-refractivity contribution in [2.45, 2.75) is 64.3 Å². The van der Waals surface area contributed by atoms with Gasteiger partial charge in [-0.05, 0) is 99.2 Å². The van der Waals surface area contributed by atoms with Crippen LogP contribution in [0.4, 0.5) is 33.6 Å². The molecule has 7 heterocycles. The Morgan fingerprint density at radius 3 is 2.48 bits per heavy atom. The first kappa shape index (κ1) is 41.0. The Kier molecular flexibility index (Phi) is 10.0. The second-order valence-electron chi connectivity index (χ2n) is 16.9. The van der Waals surface area contributed by atoms with Gasteiger partial charge in [0.15, 0.2) is 5.65 Å². The molecule has 2 aromatic carbocycles. The van der Waals surface area contributed by atoms with Crippen molar-refractivity contribution in [3.8, 4) is 11.8 Å². The Hall–Kier alpha value is -7.00. The van der Waals surface area contributed by atoms with Crippen LogP contribution in [0.2, 0.25) is 0 Å². The van der Waals surface area contributed by atoms with E-state index in [-0.39, 0.29) is 55.6 Å². The molecule has 0 unspecified atom stereocenters. The summed E-state index contributed by atoms with van der Waals surface area (Å²) in [6.07, 6.45) is 0.406. The van der Waals surface area contributed by atoms with Gasteiger partial charge in [-0.25, -0.2) is 28.5 Å². The van der Waals surface area contributed by atoms with Crippen LogP contribution < -0.4 is 11.0 Å². The average molecular weight is 874 g/mol. The van der Waals surface area contributed by atoms with E-state index in [2.05, 4.69) is 20.3 Å². The van der Waals surface area contributed by atoms with Crippen molar-refractivity contribution in [1.29, 1.82) is 5.26 Å². The third-order valence-corrected chi connectivity index (χ3v) is 12.9. The van der Waals surface area contributed by atoms with Crippen LogP contribution in [0.15, 0.2) is 83.9 Å². The fraction of sp³-hybridized carbons (Fsp3) is 0.326. The van der Waals surface area contributed by atoms with E-state index in [1.807, 2.05) is 27.7 Å². The number of nitriles is 1. The van der Waals surface area contributed by atoms with Crippen molar-refractivity contribution in [1.82, 2.24) is 43.4 Å². The zero-order chi connectivity index (χ0) is 44.5. The monoisotopic (exact) mass is 873 g/mol. The minimum atomic E-state index is -4.27. The maximum absolute atomic E-state index is 15.1. The van der Waals surface area contributed by atoms with Crippen molar-refractivity contribution in [3.05, 3.63) is 135 Å². The summed E-state index contributed by atoms with van der Waals surface area (Å²) >= 11 is 0. The van der Waals surface area contributed by atoms with E-state index in [9.17, 15) is 32.4 Å². The van der Waals surface area contributed by atoms with E-state index in [0.717, 1.165) is 16.6 Å². The normalized spacial score (nSPS) is 16.5. The van der Waals surface area contributed by atoms with Crippen LogP contribution >= 0.6 is 0 Å². The van der Waals surface area contributed by atoms with E-state index in [0.29, 0.717) is 78.3 Å². The van der Waals surface area contributed by atoms with Gasteiger partial charge in [0, 0.05) is 60.7 Å². The smallest absolute Gasteiger partial charge is 0.331 e. The predicted molar refractivity (Wildman–Crippen MR) is 226 cm³/mol. The van der Waals surface area contributed by atoms with E-state index in [1.54, 1.807) is 52.9 Å². The molecule has 0 spiro atoms. The van der Waals surface area contributed by atoms with Crippen LogP contribution in [0, 0.1) is 35.3 Å². The third-order valence-electron chi connectivity index (χ3n) is 12.9. The summed E-state index contributed by atoms with van der Waals surface area (Å²) in [6.45, 7) is 3.10. The number of hydrogen-bond acceptors (Lipinski definition) is 9. The molecule has 5 aromatic heterocycles. The molecule has 2 fully saturated rings. The molecule has 326 valence electrons. The molecule has 0 atom stereocenters. The molecule has 3 aliphatic rings. The SMILES string of the molecule is Cc1nc(Nc2cccc(F)c2)nc2c1n(-c1ccc(C(=O)N3CCc4c(n(Cc5ccc(C#N)cc5F)c5ncccc45)C3)nc1)c(=O)n2C1CCN(CC2(C(F)(F)F)CC2)CC1. The molecule has 2 aliphatic heterocycles. The van der Waals surface area contributed by atoms with Gasteiger partial charge in [-0.15, -0.1) is 0 Å². The van der Waals surface area contributed by atoms with Gasteiger partial charge in [0.1, 0.15) is 28.5 Å². The van der Waals surface area contributed by atoms with Gasteiger partial charge in [0.05, 0.1) is 47.7 Å². The number of halogens is 5. The first-order valence-corrected chi connectivity index (χ1v) is 21.0. The highest BCUT2D eigenvalue weighted by molar-refractivity contribution is 5.93. The second kappa shape index (κ2) is 15.7. The van der Waals surface area contributed by atoms with E-state index < -0.39 is 35.0 Å². The van der Waals surface area contributed by atoms with Crippen LogP contribution in [0.5, 0.6) is 0 Å². The molecular weight excluding hydrogens is 834 g/mol. The Bertz CT molecular complexity index is 3080. The van der Waals surface area contributed by atoms with E-state index in [4.69, 9.17) is 4.98 Å². The Balaban J connectivity index is 0.953. The zero-order valence-electron chi connectivity index (χ0n) is 34.5. The summed E-state index contributed by atoms with van der Waals surface area (Å²) in [6, 6.07) is 18.7. The maximum atomic E-state index is 15.1. The average Bonchev–Trinajstić information content (AvgIpc) is 3.94. The van der Waals surface area contributed by atoms with Crippen molar-refractivity contribution >= 4 is 39.7 Å². The molecular formula is C46H40F5N11O2. The van der Waals surface area contributed by atoms with Crippen molar-refractivity contribution in [2.24, 2.45) is 5.41 Å². The quantitative estimate of drug-likeness (QED) is 0.144. The van der Waals surface area contributed by atoms with Gasteiger partial charge < -0.3 is 19.7 Å². The lowest BCUT2D eigenvalue weighted by atomic mass is 10.0. The first-order chi connectivity index (χ1) is 30.8. The predicted octanol–water partition coefficient (Wildman–Crippen LogP) is 7.76. The largest absolute Gasteiger partial charge is 0.395 e. The second-order valence-corrected chi connectivity index (χ2v) is 16.9. The van der Waals surface area contributed by atoms with E-state index >= 15 is 4.39 Å². The molecule has 0 bridgehead atoms. The molecule has 7 aromatic rings. The number of alkyl halides is 3. The van der Waals surface area contributed by atoms with Crippen LogP contribution in [-0.4, -0.2) is 81.7 Å². The summed E-state index contributed by atoms with van der Waals surface area (Å²) in [5, 5.41) is 13.2. The number of carbonyl (C=O) groups excluding carboxylic acids is 1. The summed E-state index contributed by atoms with van der Waals surface area (Å²) < 4.78 is 75.7. The van der Waals surface area contributed by atoms with E-state index in [1.165, 1.54) is 35.0 Å². The molecule has 1 aliphatic carbocycles. The van der Waals surface area contributed by atoms with Gasteiger partial charge in [-0.2, -0.15) is 23.4 Å². The minimum absolute atomic E-state index is 0.0719. The van der Waals surface area contributed by atoms with Crippen LogP contribution in [0.25, 0.3) is 27.9 Å². The Morgan fingerprint density at radius 1 is 0.969 bits per heavy atom. The van der Waals surface area contributed by atoms with Gasteiger partial charge in [0.2, 0.25) is 5.95 Å². The van der Waals surface area contributed by atoms with Crippen molar-refractivity contribution in [2.75, 3.05) is 31.5 Å². The highest BCUT2D eigenvalue weighted by Crippen LogP contribution is 2.58. The summed E-state index contributed by atoms with van der Waals surface area (Å²) in [5.41, 5.74) is 2.93. The molecule has 18 heteroatoms. The van der Waals surface area contributed by atoms with Crippen molar-refractivity contribution in [3.63, 3.8) is 0 Å². The first-order valence-electron chi connectivity index (χ1n) is 21.0. The molecule has 10 rings (SSSR count). The number of carbonyl (C=O) groups is 1. The van der Waals surface area contributed by atoms with Gasteiger partial charge in [-0.1, -0.05) is 12.1 Å². The number of nitrogens with zero attached hydrogens (tertiary/aromatic N) is 10. The fourth-order valence-electron chi connectivity index (χ4n) is 9.37. The molecule has 1 saturated carbocycles. The van der Waals surface area contributed by atoms with Crippen LogP contribution in [-0.2, 0) is 19.5 Å². The number of fused-ring (bicyclic) bond motifs is 4. The molecule has 1 N–H and O–H groups in total. The van der Waals surface area contributed by atoms with Crippen LogP contribution in [0.3, 0.4) is 0 Å². The topological polar surface area (TPSA) is 143 Å². The number of anilines is 2. The summed E-state index contributed by atoms with van der Waals surface area (Å²) in [7, 11) is 0. The third kappa shape index (κ3) is 7.22. The fourth-order valence-corrected chi connectivity index (χ4v) is 9.37. The highest BCUT2D eigenvalue weighted by Gasteiger charge is 2.63. The lowest BCUT2D eigenvalue weighted by Crippen LogP contribution is -2.43. The number of aromatic nitrogens is 7. The molecule has 1 saturated heterocycles. The number of hydrogen-bond donors (Lipinski definition) is 1. The number of piperidine rings is 1. The number of rotatable bonds is 9. The number of aryl methyl sites for hydroxylation is 1. The molecule has 64 heavy (non-hydrogen) atoms.